The second kappa shape index (κ2) is 7.72. The lowest BCUT2D eigenvalue weighted by atomic mass is 10.1. The number of benzene rings is 1. The van der Waals surface area contributed by atoms with Gasteiger partial charge in [-0.3, -0.25) is 4.79 Å². The SMILES string of the molecule is CC(C)(C)N(CC(=O)Nc1ccccc1N1CCOCC1)S(C)(=O)=O. The van der Waals surface area contributed by atoms with E-state index in [-0.39, 0.29) is 12.5 Å². The van der Waals surface area contributed by atoms with Crippen LogP contribution in [0.5, 0.6) is 0 Å². The van der Waals surface area contributed by atoms with Gasteiger partial charge in [0.2, 0.25) is 15.9 Å². The number of anilines is 2. The molecule has 0 atom stereocenters. The van der Waals surface area contributed by atoms with Gasteiger partial charge in [0.05, 0.1) is 37.4 Å². The first-order chi connectivity index (χ1) is 11.6. The molecule has 0 saturated carbocycles. The van der Waals surface area contributed by atoms with Crippen molar-refractivity contribution in [2.75, 3.05) is 49.3 Å². The van der Waals surface area contributed by atoms with E-state index in [2.05, 4.69) is 10.2 Å². The van der Waals surface area contributed by atoms with Crippen molar-refractivity contribution >= 4 is 27.3 Å². The fourth-order valence-corrected chi connectivity index (χ4v) is 4.18. The van der Waals surface area contributed by atoms with Crippen LogP contribution in [-0.4, -0.2) is 63.3 Å². The molecule has 0 bridgehead atoms. The van der Waals surface area contributed by atoms with Crippen molar-refractivity contribution in [2.24, 2.45) is 0 Å². The second-order valence-corrected chi connectivity index (χ2v) is 9.01. The van der Waals surface area contributed by atoms with Crippen molar-refractivity contribution < 1.29 is 17.9 Å². The summed E-state index contributed by atoms with van der Waals surface area (Å²) in [5.74, 6) is -0.360. The Morgan fingerprint density at radius 2 is 1.84 bits per heavy atom. The molecule has 25 heavy (non-hydrogen) atoms. The van der Waals surface area contributed by atoms with E-state index in [4.69, 9.17) is 4.74 Å². The molecule has 1 aliphatic heterocycles. The van der Waals surface area contributed by atoms with E-state index in [1.165, 1.54) is 4.31 Å². The highest BCUT2D eigenvalue weighted by Crippen LogP contribution is 2.26. The molecule has 7 nitrogen and oxygen atoms in total. The van der Waals surface area contributed by atoms with Gasteiger partial charge in [0.15, 0.2) is 0 Å². The summed E-state index contributed by atoms with van der Waals surface area (Å²) in [4.78, 5) is 14.6. The lowest BCUT2D eigenvalue weighted by Crippen LogP contribution is -2.48. The van der Waals surface area contributed by atoms with Gasteiger partial charge >= 0.3 is 0 Å². The smallest absolute Gasteiger partial charge is 0.239 e. The molecule has 140 valence electrons. The number of sulfonamides is 1. The number of hydrogen-bond acceptors (Lipinski definition) is 5. The van der Waals surface area contributed by atoms with Crippen molar-refractivity contribution in [1.82, 2.24) is 4.31 Å². The van der Waals surface area contributed by atoms with Crippen molar-refractivity contribution in [3.63, 3.8) is 0 Å². The first-order valence-electron chi connectivity index (χ1n) is 8.28. The molecule has 1 heterocycles. The third-order valence-electron chi connectivity index (χ3n) is 3.97. The van der Waals surface area contributed by atoms with E-state index >= 15 is 0 Å². The lowest BCUT2D eigenvalue weighted by molar-refractivity contribution is -0.117. The van der Waals surface area contributed by atoms with E-state index in [1.807, 2.05) is 24.3 Å². The number of carbonyl (C=O) groups excluding carboxylic acids is 1. The summed E-state index contributed by atoms with van der Waals surface area (Å²) in [5, 5.41) is 2.85. The summed E-state index contributed by atoms with van der Waals surface area (Å²) in [5.41, 5.74) is 0.923. The summed E-state index contributed by atoms with van der Waals surface area (Å²) in [7, 11) is -3.50. The van der Waals surface area contributed by atoms with Gasteiger partial charge in [-0.1, -0.05) is 12.1 Å². The molecule has 2 rings (SSSR count). The third-order valence-corrected chi connectivity index (χ3v) is 5.44. The van der Waals surface area contributed by atoms with Crippen LogP contribution in [0.25, 0.3) is 0 Å². The molecule has 1 N–H and O–H groups in total. The molecule has 1 fully saturated rings. The van der Waals surface area contributed by atoms with Crippen LogP contribution < -0.4 is 10.2 Å². The van der Waals surface area contributed by atoms with Gasteiger partial charge in [0, 0.05) is 18.6 Å². The molecule has 1 aliphatic rings. The predicted molar refractivity (Wildman–Crippen MR) is 99.4 cm³/mol. The summed E-state index contributed by atoms with van der Waals surface area (Å²) in [6.07, 6.45) is 1.12. The number of amides is 1. The summed E-state index contributed by atoms with van der Waals surface area (Å²) >= 11 is 0. The maximum absolute atomic E-state index is 12.5. The van der Waals surface area contributed by atoms with Crippen LogP contribution in [-0.2, 0) is 19.6 Å². The standard InChI is InChI=1S/C17H27N3O4S/c1-17(2,3)20(25(4,22)23)13-16(21)18-14-7-5-6-8-15(14)19-9-11-24-12-10-19/h5-8H,9-13H2,1-4H3,(H,18,21). The Kier molecular flexibility index (Phi) is 6.08. The van der Waals surface area contributed by atoms with Gasteiger partial charge < -0.3 is 15.0 Å². The zero-order chi connectivity index (χ0) is 18.7. The van der Waals surface area contributed by atoms with Crippen LogP contribution in [0.1, 0.15) is 20.8 Å². The minimum absolute atomic E-state index is 0.222. The molecular formula is C17H27N3O4S. The zero-order valence-electron chi connectivity index (χ0n) is 15.3. The van der Waals surface area contributed by atoms with Gasteiger partial charge in [-0.05, 0) is 32.9 Å². The molecule has 0 aromatic heterocycles. The topological polar surface area (TPSA) is 79.0 Å². The Balaban J connectivity index is 2.15. The maximum atomic E-state index is 12.5. The Labute approximate surface area is 150 Å². The molecule has 1 saturated heterocycles. The number of morpholine rings is 1. The number of rotatable bonds is 5. The number of hydrogen-bond donors (Lipinski definition) is 1. The van der Waals surface area contributed by atoms with E-state index in [0.29, 0.717) is 18.9 Å². The van der Waals surface area contributed by atoms with E-state index < -0.39 is 15.6 Å². The molecule has 0 radical (unpaired) electrons. The van der Waals surface area contributed by atoms with Gasteiger partial charge in [0.1, 0.15) is 0 Å². The Morgan fingerprint density at radius 1 is 1.24 bits per heavy atom. The first-order valence-corrected chi connectivity index (χ1v) is 10.1. The molecule has 1 aromatic carbocycles. The number of carbonyl (C=O) groups is 1. The average molecular weight is 369 g/mol. The average Bonchev–Trinajstić information content (AvgIpc) is 2.52. The quantitative estimate of drug-likeness (QED) is 0.851. The second-order valence-electron chi connectivity index (χ2n) is 7.11. The van der Waals surface area contributed by atoms with Crippen LogP contribution >= 0.6 is 0 Å². The normalized spacial score (nSPS) is 16.1. The van der Waals surface area contributed by atoms with Crippen LogP contribution in [0.4, 0.5) is 11.4 Å². The van der Waals surface area contributed by atoms with Crippen molar-refractivity contribution in [1.29, 1.82) is 0 Å². The fraction of sp³-hybridized carbons (Fsp3) is 0.588. The highest BCUT2D eigenvalue weighted by Gasteiger charge is 2.31. The van der Waals surface area contributed by atoms with Crippen molar-refractivity contribution in [2.45, 2.75) is 26.3 Å². The summed E-state index contributed by atoms with van der Waals surface area (Å²) in [6.45, 7) is 7.88. The van der Waals surface area contributed by atoms with Gasteiger partial charge in [-0.15, -0.1) is 0 Å². The minimum Gasteiger partial charge on any atom is -0.378 e. The van der Waals surface area contributed by atoms with Crippen molar-refractivity contribution in [3.8, 4) is 0 Å². The largest absolute Gasteiger partial charge is 0.378 e. The number of nitrogens with one attached hydrogen (secondary N) is 1. The monoisotopic (exact) mass is 369 g/mol. The molecule has 0 unspecified atom stereocenters. The third kappa shape index (κ3) is 5.42. The van der Waals surface area contributed by atoms with Crippen molar-refractivity contribution in [3.05, 3.63) is 24.3 Å². The molecule has 1 aromatic rings. The molecule has 8 heteroatoms. The first kappa shape index (κ1) is 19.7. The fourth-order valence-electron chi connectivity index (χ4n) is 2.83. The zero-order valence-corrected chi connectivity index (χ0v) is 16.1. The van der Waals surface area contributed by atoms with E-state index in [9.17, 15) is 13.2 Å². The highest BCUT2D eigenvalue weighted by molar-refractivity contribution is 7.88. The van der Waals surface area contributed by atoms with Crippen LogP contribution in [0.15, 0.2) is 24.3 Å². The van der Waals surface area contributed by atoms with E-state index in [0.717, 1.165) is 25.0 Å². The predicted octanol–water partition coefficient (Wildman–Crippen LogP) is 1.52. The number of ether oxygens (including phenoxy) is 1. The Bertz CT molecular complexity index is 707. The van der Waals surface area contributed by atoms with Gasteiger partial charge in [-0.2, -0.15) is 4.31 Å². The number of para-hydroxylation sites is 2. The molecular weight excluding hydrogens is 342 g/mol. The molecule has 1 amide bonds. The Morgan fingerprint density at radius 3 is 2.40 bits per heavy atom. The number of nitrogens with zero attached hydrogens (tertiary/aromatic N) is 2. The van der Waals surface area contributed by atoms with E-state index in [1.54, 1.807) is 20.8 Å². The van der Waals surface area contributed by atoms with Crippen LogP contribution in [0.3, 0.4) is 0 Å². The summed E-state index contributed by atoms with van der Waals surface area (Å²) in [6, 6.07) is 7.53. The highest BCUT2D eigenvalue weighted by atomic mass is 32.2. The van der Waals surface area contributed by atoms with Crippen LogP contribution in [0, 0.1) is 0 Å². The van der Waals surface area contributed by atoms with Gasteiger partial charge in [0.25, 0.3) is 0 Å². The minimum atomic E-state index is -3.50. The van der Waals surface area contributed by atoms with Crippen LogP contribution in [0.2, 0.25) is 0 Å². The Hall–Kier alpha value is -1.64. The lowest BCUT2D eigenvalue weighted by Gasteiger charge is -2.33. The maximum Gasteiger partial charge on any atom is 0.239 e. The molecule has 0 spiro atoms. The van der Waals surface area contributed by atoms with Gasteiger partial charge in [-0.25, -0.2) is 8.42 Å². The molecule has 0 aliphatic carbocycles. The summed E-state index contributed by atoms with van der Waals surface area (Å²) < 4.78 is 30.6.